The van der Waals surface area contributed by atoms with E-state index in [-0.39, 0.29) is 18.1 Å². The number of carbonyl (C=O) groups excluding carboxylic acids is 1. The van der Waals surface area contributed by atoms with E-state index in [1.165, 1.54) is 0 Å². The molecule has 0 radical (unpaired) electrons. The van der Waals surface area contributed by atoms with Crippen molar-refractivity contribution in [3.05, 3.63) is 59.1 Å². The Balaban J connectivity index is 1.39. The number of para-hydroxylation sites is 2. The molecule has 0 bridgehead atoms. The van der Waals surface area contributed by atoms with Gasteiger partial charge in [0.2, 0.25) is 15.9 Å². The zero-order valence-electron chi connectivity index (χ0n) is 20.1. The van der Waals surface area contributed by atoms with Crippen LogP contribution in [0.25, 0.3) is 0 Å². The van der Waals surface area contributed by atoms with Crippen LogP contribution in [0.3, 0.4) is 0 Å². The molecule has 2 aromatic carbocycles. The molecule has 0 spiro atoms. The Kier molecular flexibility index (Phi) is 8.41. The van der Waals surface area contributed by atoms with Crippen molar-refractivity contribution < 1.29 is 23.1 Å². The lowest BCUT2D eigenvalue weighted by Gasteiger charge is -2.38. The predicted octanol–water partition coefficient (Wildman–Crippen LogP) is 3.86. The van der Waals surface area contributed by atoms with Crippen LogP contribution in [0.15, 0.2) is 48.5 Å². The molecule has 1 heterocycles. The SMILES string of the molecule is O=C(O)C[C@H](Cc1ccc(Cl)cc1)C(=O)N1CCN(c2ccccc2NS(=O)(=O)CCC2CC2)CC1. The number of nitrogens with zero attached hydrogens (tertiary/aromatic N) is 2. The first kappa shape index (κ1) is 26.3. The molecular weight excluding hydrogens is 502 g/mol. The van der Waals surface area contributed by atoms with Gasteiger partial charge in [0, 0.05) is 31.2 Å². The maximum atomic E-state index is 13.3. The molecule has 36 heavy (non-hydrogen) atoms. The Morgan fingerprint density at radius 3 is 2.33 bits per heavy atom. The zero-order chi connectivity index (χ0) is 25.7. The summed E-state index contributed by atoms with van der Waals surface area (Å²) < 4.78 is 28.0. The number of sulfonamides is 1. The number of amides is 1. The first-order chi connectivity index (χ1) is 17.2. The normalized spacial score (nSPS) is 17.0. The van der Waals surface area contributed by atoms with Gasteiger partial charge in [0.1, 0.15) is 0 Å². The van der Waals surface area contributed by atoms with Crippen molar-refractivity contribution in [1.29, 1.82) is 0 Å². The Morgan fingerprint density at radius 2 is 1.69 bits per heavy atom. The van der Waals surface area contributed by atoms with Crippen molar-refractivity contribution in [1.82, 2.24) is 4.90 Å². The number of rotatable bonds is 11. The van der Waals surface area contributed by atoms with Gasteiger partial charge in [-0.05, 0) is 48.6 Å². The van der Waals surface area contributed by atoms with Crippen molar-refractivity contribution in [2.24, 2.45) is 11.8 Å². The highest BCUT2D eigenvalue weighted by Gasteiger charge is 2.30. The van der Waals surface area contributed by atoms with E-state index in [1.54, 1.807) is 29.2 Å². The standard InChI is InChI=1S/C26H32ClN3O5S/c27-22-9-7-20(8-10-22)17-21(18-25(31)32)26(33)30-14-12-29(13-15-30)24-4-2-1-3-23(24)28-36(34,35)16-11-19-5-6-19/h1-4,7-10,19,21,28H,5-6,11-18H2,(H,31,32)/t21-/m0/s1. The third-order valence-corrected chi connectivity index (χ3v) is 8.31. The van der Waals surface area contributed by atoms with Crippen LogP contribution in [-0.2, 0) is 26.0 Å². The number of benzene rings is 2. The molecule has 1 aliphatic carbocycles. The molecule has 2 aromatic rings. The lowest BCUT2D eigenvalue weighted by atomic mass is 9.94. The molecule has 8 nitrogen and oxygen atoms in total. The number of halogens is 1. The highest BCUT2D eigenvalue weighted by Crippen LogP contribution is 2.33. The highest BCUT2D eigenvalue weighted by atomic mass is 35.5. The van der Waals surface area contributed by atoms with Crippen molar-refractivity contribution in [3.8, 4) is 0 Å². The molecule has 4 rings (SSSR count). The lowest BCUT2D eigenvalue weighted by molar-refractivity contribution is -0.144. The number of carboxylic acid groups (broad SMARTS) is 1. The van der Waals surface area contributed by atoms with Crippen LogP contribution < -0.4 is 9.62 Å². The molecular formula is C26H32ClN3O5S. The van der Waals surface area contributed by atoms with E-state index in [9.17, 15) is 23.1 Å². The molecule has 2 N–H and O–H groups in total. The first-order valence-corrected chi connectivity index (χ1v) is 14.3. The minimum Gasteiger partial charge on any atom is -0.481 e. The summed E-state index contributed by atoms with van der Waals surface area (Å²) in [7, 11) is -3.44. The Labute approximate surface area is 217 Å². The van der Waals surface area contributed by atoms with Crippen LogP contribution >= 0.6 is 11.6 Å². The molecule has 1 aliphatic heterocycles. The molecule has 10 heteroatoms. The number of carbonyl (C=O) groups is 2. The van der Waals surface area contributed by atoms with Gasteiger partial charge >= 0.3 is 5.97 Å². The molecule has 1 atom stereocenters. The van der Waals surface area contributed by atoms with Crippen LogP contribution in [0.1, 0.15) is 31.2 Å². The molecule has 1 amide bonds. The average molecular weight is 534 g/mol. The summed E-state index contributed by atoms with van der Waals surface area (Å²) in [5, 5.41) is 9.97. The monoisotopic (exact) mass is 533 g/mol. The second-order valence-corrected chi connectivity index (χ2v) is 11.9. The van der Waals surface area contributed by atoms with Crippen LogP contribution in [0.5, 0.6) is 0 Å². The molecule has 0 aromatic heterocycles. The van der Waals surface area contributed by atoms with Gasteiger partial charge in [0.25, 0.3) is 0 Å². The fourth-order valence-corrected chi connectivity index (χ4v) is 5.95. The van der Waals surface area contributed by atoms with E-state index in [0.29, 0.717) is 55.6 Å². The first-order valence-electron chi connectivity index (χ1n) is 12.3. The highest BCUT2D eigenvalue weighted by molar-refractivity contribution is 7.92. The van der Waals surface area contributed by atoms with E-state index in [4.69, 9.17) is 11.6 Å². The van der Waals surface area contributed by atoms with Gasteiger partial charge in [-0.2, -0.15) is 0 Å². The van der Waals surface area contributed by atoms with Gasteiger partial charge in [-0.1, -0.05) is 48.7 Å². The fourth-order valence-electron chi connectivity index (χ4n) is 4.57. The van der Waals surface area contributed by atoms with Crippen LogP contribution in [0, 0.1) is 11.8 Å². The van der Waals surface area contributed by atoms with E-state index in [0.717, 1.165) is 24.1 Å². The van der Waals surface area contributed by atoms with Crippen LogP contribution in [0.2, 0.25) is 5.02 Å². The van der Waals surface area contributed by atoms with Gasteiger partial charge in [-0.25, -0.2) is 8.42 Å². The summed E-state index contributed by atoms with van der Waals surface area (Å²) in [5.74, 6) is -1.20. The number of hydrogen-bond donors (Lipinski definition) is 2. The summed E-state index contributed by atoms with van der Waals surface area (Å²) in [4.78, 5) is 28.5. The lowest BCUT2D eigenvalue weighted by Crippen LogP contribution is -2.51. The second-order valence-electron chi connectivity index (χ2n) is 9.61. The van der Waals surface area contributed by atoms with Crippen molar-refractivity contribution in [2.45, 2.75) is 32.1 Å². The number of anilines is 2. The average Bonchev–Trinajstić information content (AvgIpc) is 3.68. The minimum atomic E-state index is -3.44. The molecule has 194 valence electrons. The Hall–Kier alpha value is -2.78. The largest absolute Gasteiger partial charge is 0.481 e. The van der Waals surface area contributed by atoms with E-state index >= 15 is 0 Å². The molecule has 2 fully saturated rings. The maximum absolute atomic E-state index is 13.3. The van der Waals surface area contributed by atoms with Crippen molar-refractivity contribution in [2.75, 3.05) is 41.6 Å². The fraction of sp³-hybridized carbons (Fsp3) is 0.462. The summed E-state index contributed by atoms with van der Waals surface area (Å²) in [6.45, 7) is 1.90. The third-order valence-electron chi connectivity index (χ3n) is 6.76. The zero-order valence-corrected chi connectivity index (χ0v) is 21.7. The number of piperazine rings is 1. The number of hydrogen-bond acceptors (Lipinski definition) is 5. The topological polar surface area (TPSA) is 107 Å². The smallest absolute Gasteiger partial charge is 0.304 e. The summed E-state index contributed by atoms with van der Waals surface area (Å²) in [6.07, 6.45) is 3.00. The summed E-state index contributed by atoms with van der Waals surface area (Å²) in [6, 6.07) is 14.4. The minimum absolute atomic E-state index is 0.118. The molecule has 0 unspecified atom stereocenters. The summed E-state index contributed by atoms with van der Waals surface area (Å²) >= 11 is 5.95. The van der Waals surface area contributed by atoms with Crippen LogP contribution in [0.4, 0.5) is 11.4 Å². The molecule has 1 saturated heterocycles. The number of nitrogens with one attached hydrogen (secondary N) is 1. The van der Waals surface area contributed by atoms with Crippen LogP contribution in [-0.4, -0.2) is 62.2 Å². The van der Waals surface area contributed by atoms with Gasteiger partial charge in [0.15, 0.2) is 0 Å². The van der Waals surface area contributed by atoms with E-state index < -0.39 is 21.9 Å². The summed E-state index contributed by atoms with van der Waals surface area (Å²) in [5.41, 5.74) is 2.18. The second kappa shape index (κ2) is 11.5. The van der Waals surface area contributed by atoms with Gasteiger partial charge in [-0.3, -0.25) is 14.3 Å². The van der Waals surface area contributed by atoms with Crippen molar-refractivity contribution >= 4 is 44.9 Å². The molecule has 2 aliphatic rings. The third kappa shape index (κ3) is 7.36. The van der Waals surface area contributed by atoms with Gasteiger partial charge in [0.05, 0.1) is 29.5 Å². The van der Waals surface area contributed by atoms with Crippen molar-refractivity contribution in [3.63, 3.8) is 0 Å². The van der Waals surface area contributed by atoms with Gasteiger partial charge in [-0.15, -0.1) is 0 Å². The molecule has 1 saturated carbocycles. The number of carboxylic acids is 1. The van der Waals surface area contributed by atoms with E-state index in [2.05, 4.69) is 9.62 Å². The van der Waals surface area contributed by atoms with Gasteiger partial charge < -0.3 is 14.9 Å². The Morgan fingerprint density at radius 1 is 1.03 bits per heavy atom. The Bertz CT molecular complexity index is 1180. The predicted molar refractivity (Wildman–Crippen MR) is 141 cm³/mol. The number of aliphatic carboxylic acids is 1. The quantitative estimate of drug-likeness (QED) is 0.454. The maximum Gasteiger partial charge on any atom is 0.304 e. The van der Waals surface area contributed by atoms with E-state index in [1.807, 2.05) is 24.3 Å².